The van der Waals surface area contributed by atoms with E-state index in [2.05, 4.69) is 26.1 Å². The third-order valence-electron chi connectivity index (χ3n) is 4.04. The zero-order valence-corrected chi connectivity index (χ0v) is 12.7. The van der Waals surface area contributed by atoms with E-state index >= 15 is 0 Å². The van der Waals surface area contributed by atoms with Crippen LogP contribution in [0.4, 0.5) is 0 Å². The SMILES string of the molecule is Cc1cc(C(=O)NC2CCN(C3CC3)C2)ccc1Br. The highest BCUT2D eigenvalue weighted by molar-refractivity contribution is 9.10. The molecule has 3 rings (SSSR count). The minimum atomic E-state index is 0.0539. The molecule has 0 spiro atoms. The molecule has 4 heteroatoms. The fourth-order valence-electron chi connectivity index (χ4n) is 2.73. The lowest BCUT2D eigenvalue weighted by molar-refractivity contribution is 0.0937. The van der Waals surface area contributed by atoms with Crippen molar-refractivity contribution in [3.8, 4) is 0 Å². The fraction of sp³-hybridized carbons (Fsp3) is 0.533. The van der Waals surface area contributed by atoms with Crippen LogP contribution in [0.25, 0.3) is 0 Å². The molecule has 102 valence electrons. The lowest BCUT2D eigenvalue weighted by Gasteiger charge is -2.16. The van der Waals surface area contributed by atoms with Gasteiger partial charge in [-0.15, -0.1) is 0 Å². The molecule has 1 saturated carbocycles. The molecule has 0 bridgehead atoms. The van der Waals surface area contributed by atoms with Gasteiger partial charge in [0.15, 0.2) is 0 Å². The monoisotopic (exact) mass is 322 g/mol. The molecule has 0 radical (unpaired) electrons. The average Bonchev–Trinajstić information content (AvgIpc) is 3.14. The van der Waals surface area contributed by atoms with E-state index in [0.29, 0.717) is 6.04 Å². The molecule has 0 aromatic heterocycles. The fourth-order valence-corrected chi connectivity index (χ4v) is 2.98. The first-order chi connectivity index (χ1) is 9.13. The van der Waals surface area contributed by atoms with Crippen molar-refractivity contribution in [3.63, 3.8) is 0 Å². The molecule has 1 saturated heterocycles. The second-order valence-electron chi connectivity index (χ2n) is 5.65. The first kappa shape index (κ1) is 13.1. The number of benzene rings is 1. The predicted octanol–water partition coefficient (Wildman–Crippen LogP) is 2.72. The molecule has 1 aliphatic heterocycles. The summed E-state index contributed by atoms with van der Waals surface area (Å²) >= 11 is 3.46. The number of carbonyl (C=O) groups is 1. The van der Waals surface area contributed by atoms with E-state index < -0.39 is 0 Å². The van der Waals surface area contributed by atoms with Gasteiger partial charge in [0.25, 0.3) is 5.91 Å². The van der Waals surface area contributed by atoms with Crippen LogP contribution in [0, 0.1) is 6.92 Å². The lowest BCUT2D eigenvalue weighted by Crippen LogP contribution is -2.37. The number of nitrogens with one attached hydrogen (secondary N) is 1. The van der Waals surface area contributed by atoms with Gasteiger partial charge < -0.3 is 5.32 Å². The van der Waals surface area contributed by atoms with E-state index in [1.807, 2.05) is 25.1 Å². The highest BCUT2D eigenvalue weighted by atomic mass is 79.9. The van der Waals surface area contributed by atoms with Crippen molar-refractivity contribution in [2.45, 2.75) is 38.3 Å². The summed E-state index contributed by atoms with van der Waals surface area (Å²) in [6.45, 7) is 4.16. The number of likely N-dealkylation sites (tertiary alicyclic amines) is 1. The van der Waals surface area contributed by atoms with Gasteiger partial charge in [0.1, 0.15) is 0 Å². The third-order valence-corrected chi connectivity index (χ3v) is 4.93. The standard InChI is InChI=1S/C15H19BrN2O/c1-10-8-11(2-5-14(10)16)15(19)17-12-6-7-18(9-12)13-3-4-13/h2,5,8,12-13H,3-4,6-7,9H2,1H3,(H,17,19). The lowest BCUT2D eigenvalue weighted by atomic mass is 10.1. The summed E-state index contributed by atoms with van der Waals surface area (Å²) in [4.78, 5) is 14.7. The van der Waals surface area contributed by atoms with Gasteiger partial charge in [-0.1, -0.05) is 15.9 Å². The summed E-state index contributed by atoms with van der Waals surface area (Å²) < 4.78 is 1.05. The zero-order chi connectivity index (χ0) is 13.4. The van der Waals surface area contributed by atoms with Crippen molar-refractivity contribution in [1.29, 1.82) is 0 Å². The van der Waals surface area contributed by atoms with Gasteiger partial charge in [0.2, 0.25) is 0 Å². The Hall–Kier alpha value is -0.870. The number of aryl methyl sites for hydroxylation is 1. The van der Waals surface area contributed by atoms with Gasteiger partial charge >= 0.3 is 0 Å². The first-order valence-electron chi connectivity index (χ1n) is 6.94. The van der Waals surface area contributed by atoms with E-state index in [0.717, 1.165) is 41.2 Å². The highest BCUT2D eigenvalue weighted by Crippen LogP contribution is 2.29. The van der Waals surface area contributed by atoms with Crippen molar-refractivity contribution in [2.24, 2.45) is 0 Å². The van der Waals surface area contributed by atoms with Crippen LogP contribution in [-0.2, 0) is 0 Å². The minimum Gasteiger partial charge on any atom is -0.348 e. The Morgan fingerprint density at radius 2 is 2.16 bits per heavy atom. The van der Waals surface area contributed by atoms with Gasteiger partial charge in [0.05, 0.1) is 0 Å². The molecule has 1 aliphatic carbocycles. The van der Waals surface area contributed by atoms with Crippen molar-refractivity contribution >= 4 is 21.8 Å². The second-order valence-corrected chi connectivity index (χ2v) is 6.50. The van der Waals surface area contributed by atoms with Gasteiger partial charge in [0, 0.05) is 35.2 Å². The largest absolute Gasteiger partial charge is 0.348 e. The minimum absolute atomic E-state index is 0.0539. The molecule has 1 unspecified atom stereocenters. The number of amides is 1. The molecule has 1 atom stereocenters. The summed E-state index contributed by atoms with van der Waals surface area (Å²) in [5, 5.41) is 3.16. The summed E-state index contributed by atoms with van der Waals surface area (Å²) in [5.41, 5.74) is 1.85. The molecule has 2 aliphatic rings. The first-order valence-corrected chi connectivity index (χ1v) is 7.74. The Labute approximate surface area is 122 Å². The number of halogens is 1. The molecule has 1 aromatic carbocycles. The van der Waals surface area contributed by atoms with E-state index in [9.17, 15) is 4.79 Å². The van der Waals surface area contributed by atoms with Crippen molar-refractivity contribution in [3.05, 3.63) is 33.8 Å². The maximum absolute atomic E-state index is 12.2. The number of hydrogen-bond acceptors (Lipinski definition) is 2. The summed E-state index contributed by atoms with van der Waals surface area (Å²) in [5.74, 6) is 0.0539. The maximum atomic E-state index is 12.2. The molecule has 1 aromatic rings. The van der Waals surface area contributed by atoms with Crippen LogP contribution in [0.2, 0.25) is 0 Å². The number of hydrogen-bond donors (Lipinski definition) is 1. The topological polar surface area (TPSA) is 32.3 Å². The molecule has 1 N–H and O–H groups in total. The van der Waals surface area contributed by atoms with Crippen LogP contribution < -0.4 is 5.32 Å². The number of carbonyl (C=O) groups excluding carboxylic acids is 1. The highest BCUT2D eigenvalue weighted by Gasteiger charge is 2.34. The van der Waals surface area contributed by atoms with Gasteiger partial charge in [-0.2, -0.15) is 0 Å². The molecule has 1 amide bonds. The van der Waals surface area contributed by atoms with Crippen LogP contribution >= 0.6 is 15.9 Å². The Kier molecular flexibility index (Phi) is 3.63. The summed E-state index contributed by atoms with van der Waals surface area (Å²) in [6.07, 6.45) is 3.76. The quantitative estimate of drug-likeness (QED) is 0.928. The van der Waals surface area contributed by atoms with Gasteiger partial charge in [-0.25, -0.2) is 0 Å². The molecular formula is C15H19BrN2O. The molecule has 1 heterocycles. The summed E-state index contributed by atoms with van der Waals surface area (Å²) in [6, 6.07) is 6.87. The third kappa shape index (κ3) is 3.00. The Morgan fingerprint density at radius 1 is 1.37 bits per heavy atom. The zero-order valence-electron chi connectivity index (χ0n) is 11.2. The smallest absolute Gasteiger partial charge is 0.251 e. The molecule has 2 fully saturated rings. The maximum Gasteiger partial charge on any atom is 0.251 e. The van der Waals surface area contributed by atoms with E-state index in [-0.39, 0.29) is 5.91 Å². The van der Waals surface area contributed by atoms with Crippen LogP contribution in [0.1, 0.15) is 35.2 Å². The predicted molar refractivity (Wildman–Crippen MR) is 79.3 cm³/mol. The number of nitrogens with zero attached hydrogens (tertiary/aromatic N) is 1. The molecule has 3 nitrogen and oxygen atoms in total. The van der Waals surface area contributed by atoms with Crippen molar-refractivity contribution in [1.82, 2.24) is 10.2 Å². The van der Waals surface area contributed by atoms with Gasteiger partial charge in [-0.3, -0.25) is 9.69 Å². The van der Waals surface area contributed by atoms with Crippen LogP contribution in [-0.4, -0.2) is 36.0 Å². The second kappa shape index (κ2) is 5.25. The normalized spacial score (nSPS) is 23.6. The molecular weight excluding hydrogens is 304 g/mol. The van der Waals surface area contributed by atoms with Crippen molar-refractivity contribution < 1.29 is 4.79 Å². The van der Waals surface area contributed by atoms with Crippen molar-refractivity contribution in [2.75, 3.05) is 13.1 Å². The van der Waals surface area contributed by atoms with Crippen LogP contribution in [0.3, 0.4) is 0 Å². The van der Waals surface area contributed by atoms with E-state index in [4.69, 9.17) is 0 Å². The Balaban J connectivity index is 1.60. The van der Waals surface area contributed by atoms with Gasteiger partial charge in [-0.05, 0) is 49.9 Å². The summed E-state index contributed by atoms with van der Waals surface area (Å²) in [7, 11) is 0. The van der Waals surface area contributed by atoms with E-state index in [1.54, 1.807) is 0 Å². The number of rotatable bonds is 3. The Bertz CT molecular complexity index is 499. The van der Waals surface area contributed by atoms with Crippen LogP contribution in [0.15, 0.2) is 22.7 Å². The van der Waals surface area contributed by atoms with E-state index in [1.165, 1.54) is 12.8 Å². The molecule has 19 heavy (non-hydrogen) atoms. The Morgan fingerprint density at radius 3 is 2.84 bits per heavy atom. The average molecular weight is 323 g/mol. The van der Waals surface area contributed by atoms with Crippen LogP contribution in [0.5, 0.6) is 0 Å².